The maximum absolute atomic E-state index is 12.6. The van der Waals surface area contributed by atoms with Crippen LogP contribution in [-0.2, 0) is 17.5 Å². The lowest BCUT2D eigenvalue weighted by Gasteiger charge is -2.10. The molecular weight excluding hydrogens is 255 g/mol. The quantitative estimate of drug-likeness (QED) is 0.819. The van der Waals surface area contributed by atoms with E-state index in [0.717, 1.165) is 6.20 Å². The summed E-state index contributed by atoms with van der Waals surface area (Å²) < 4.78 is 39.1. The van der Waals surface area contributed by atoms with Crippen LogP contribution >= 0.6 is 11.6 Å². The van der Waals surface area contributed by atoms with Crippen molar-refractivity contribution in [2.75, 3.05) is 0 Å². The highest BCUT2D eigenvalue weighted by atomic mass is 35.5. The molecule has 0 saturated carbocycles. The minimum atomic E-state index is -4.47. The normalized spacial score (nSPS) is 13.8. The van der Waals surface area contributed by atoms with Crippen LogP contribution in [0.1, 0.15) is 25.1 Å². The van der Waals surface area contributed by atoms with E-state index in [1.54, 1.807) is 6.92 Å². The molecule has 0 fully saturated rings. The zero-order valence-corrected chi connectivity index (χ0v) is 10.5. The summed E-state index contributed by atoms with van der Waals surface area (Å²) in [4.78, 5) is 11.1. The lowest BCUT2D eigenvalue weighted by molar-refractivity contribution is -0.137. The fourth-order valence-electron chi connectivity index (χ4n) is 1.44. The standard InChI is InChI=1S/C11H13ClF3NO/c1-6(8(3)17)4-16-5-9(11(13,14)15)10(12)7(16)2/h5-6H,4H2,1-3H3. The van der Waals surface area contributed by atoms with E-state index < -0.39 is 11.7 Å². The van der Waals surface area contributed by atoms with Gasteiger partial charge >= 0.3 is 6.18 Å². The first-order chi connectivity index (χ1) is 7.64. The fraction of sp³-hybridized carbons (Fsp3) is 0.545. The van der Waals surface area contributed by atoms with Gasteiger partial charge in [0.25, 0.3) is 0 Å². The fourth-order valence-corrected chi connectivity index (χ4v) is 1.71. The SMILES string of the molecule is CC(=O)C(C)Cn1cc(C(F)(F)F)c(Cl)c1C. The van der Waals surface area contributed by atoms with Gasteiger partial charge < -0.3 is 4.57 Å². The Labute approximate surface area is 102 Å². The lowest BCUT2D eigenvalue weighted by Crippen LogP contribution is -2.15. The molecule has 2 nitrogen and oxygen atoms in total. The van der Waals surface area contributed by atoms with Crippen LogP contribution in [0.15, 0.2) is 6.20 Å². The van der Waals surface area contributed by atoms with Crippen molar-refractivity contribution in [3.8, 4) is 0 Å². The van der Waals surface area contributed by atoms with E-state index in [9.17, 15) is 18.0 Å². The van der Waals surface area contributed by atoms with Crippen molar-refractivity contribution in [3.05, 3.63) is 22.5 Å². The number of aromatic nitrogens is 1. The van der Waals surface area contributed by atoms with E-state index in [-0.39, 0.29) is 23.3 Å². The van der Waals surface area contributed by atoms with Crippen molar-refractivity contribution in [3.63, 3.8) is 0 Å². The Balaban J connectivity index is 3.08. The van der Waals surface area contributed by atoms with Crippen LogP contribution in [0.3, 0.4) is 0 Å². The van der Waals surface area contributed by atoms with Gasteiger partial charge in [-0.25, -0.2) is 0 Å². The van der Waals surface area contributed by atoms with Gasteiger partial charge in [-0.05, 0) is 13.8 Å². The molecule has 1 aromatic heterocycles. The van der Waals surface area contributed by atoms with E-state index in [1.165, 1.54) is 18.4 Å². The Hall–Kier alpha value is -0.970. The van der Waals surface area contributed by atoms with Crippen molar-refractivity contribution < 1.29 is 18.0 Å². The molecule has 96 valence electrons. The summed E-state index contributed by atoms with van der Waals surface area (Å²) in [5, 5.41) is -0.298. The average Bonchev–Trinajstić information content (AvgIpc) is 2.45. The predicted molar refractivity (Wildman–Crippen MR) is 59.0 cm³/mol. The molecule has 1 heterocycles. The first-order valence-corrected chi connectivity index (χ1v) is 5.45. The molecule has 1 unspecified atom stereocenters. The third-order valence-corrected chi connectivity index (χ3v) is 3.22. The Bertz CT molecular complexity index is 437. The molecule has 0 aliphatic carbocycles. The number of halogens is 4. The van der Waals surface area contributed by atoms with Gasteiger partial charge in [0, 0.05) is 24.4 Å². The highest BCUT2D eigenvalue weighted by molar-refractivity contribution is 6.32. The Morgan fingerprint density at radius 3 is 2.41 bits per heavy atom. The lowest BCUT2D eigenvalue weighted by atomic mass is 10.1. The van der Waals surface area contributed by atoms with Crippen molar-refractivity contribution in [1.82, 2.24) is 4.57 Å². The van der Waals surface area contributed by atoms with Gasteiger partial charge in [-0.1, -0.05) is 18.5 Å². The molecule has 0 aliphatic heterocycles. The van der Waals surface area contributed by atoms with E-state index >= 15 is 0 Å². The highest BCUT2D eigenvalue weighted by Gasteiger charge is 2.36. The largest absolute Gasteiger partial charge is 0.419 e. The van der Waals surface area contributed by atoms with Crippen LogP contribution in [0, 0.1) is 12.8 Å². The summed E-state index contributed by atoms with van der Waals surface area (Å²) in [5.41, 5.74) is -0.528. The summed E-state index contributed by atoms with van der Waals surface area (Å²) in [6.07, 6.45) is -3.51. The third kappa shape index (κ3) is 3.03. The number of ketones is 1. The first kappa shape index (κ1) is 14.1. The van der Waals surface area contributed by atoms with E-state index in [4.69, 9.17) is 11.6 Å². The van der Waals surface area contributed by atoms with Crippen molar-refractivity contribution in [1.29, 1.82) is 0 Å². The van der Waals surface area contributed by atoms with Gasteiger partial charge in [0.15, 0.2) is 0 Å². The number of hydrogen-bond donors (Lipinski definition) is 0. The van der Waals surface area contributed by atoms with Crippen molar-refractivity contribution in [2.45, 2.75) is 33.5 Å². The molecule has 0 aromatic carbocycles. The molecular formula is C11H13ClF3NO. The second-order valence-corrected chi connectivity index (χ2v) is 4.48. The van der Waals surface area contributed by atoms with Gasteiger partial charge in [-0.15, -0.1) is 0 Å². The Morgan fingerprint density at radius 1 is 1.53 bits per heavy atom. The van der Waals surface area contributed by atoms with Gasteiger partial charge in [0.05, 0.1) is 10.6 Å². The summed E-state index contributed by atoms with van der Waals surface area (Å²) in [7, 11) is 0. The van der Waals surface area contributed by atoms with Gasteiger partial charge in [-0.2, -0.15) is 13.2 Å². The monoisotopic (exact) mass is 267 g/mol. The summed E-state index contributed by atoms with van der Waals surface area (Å²) in [6.45, 7) is 4.79. The topological polar surface area (TPSA) is 22.0 Å². The van der Waals surface area contributed by atoms with E-state index in [0.29, 0.717) is 5.69 Å². The van der Waals surface area contributed by atoms with E-state index in [1.807, 2.05) is 0 Å². The van der Waals surface area contributed by atoms with Crippen molar-refractivity contribution >= 4 is 17.4 Å². The zero-order valence-electron chi connectivity index (χ0n) is 9.73. The van der Waals surface area contributed by atoms with Crippen LogP contribution in [0.5, 0.6) is 0 Å². The number of nitrogens with zero attached hydrogens (tertiary/aromatic N) is 1. The molecule has 0 N–H and O–H groups in total. The molecule has 0 aliphatic rings. The Kier molecular flexibility index (Phi) is 3.91. The molecule has 0 saturated heterocycles. The summed E-state index contributed by atoms with van der Waals surface area (Å²) >= 11 is 5.64. The minimum absolute atomic E-state index is 0.0669. The van der Waals surface area contributed by atoms with Crippen LogP contribution in [0.4, 0.5) is 13.2 Å². The molecule has 1 atom stereocenters. The van der Waals surface area contributed by atoms with Crippen LogP contribution in [0.2, 0.25) is 5.02 Å². The minimum Gasteiger partial charge on any atom is -0.349 e. The van der Waals surface area contributed by atoms with Crippen LogP contribution in [-0.4, -0.2) is 10.4 Å². The maximum Gasteiger partial charge on any atom is 0.419 e. The molecule has 0 amide bonds. The second-order valence-electron chi connectivity index (χ2n) is 4.10. The van der Waals surface area contributed by atoms with Gasteiger partial charge in [0.2, 0.25) is 0 Å². The number of Topliss-reactive ketones (excluding diaryl/α,β-unsaturated/α-hetero) is 1. The Morgan fingerprint density at radius 2 is 2.06 bits per heavy atom. The summed E-state index contributed by atoms with van der Waals surface area (Å²) in [5.74, 6) is -0.402. The first-order valence-electron chi connectivity index (χ1n) is 5.07. The molecule has 6 heteroatoms. The number of rotatable bonds is 3. The van der Waals surface area contributed by atoms with Gasteiger partial charge in [0.1, 0.15) is 5.78 Å². The molecule has 0 spiro atoms. The molecule has 17 heavy (non-hydrogen) atoms. The van der Waals surface area contributed by atoms with Crippen molar-refractivity contribution in [2.24, 2.45) is 5.92 Å². The van der Waals surface area contributed by atoms with Crippen LogP contribution < -0.4 is 0 Å². The second kappa shape index (κ2) is 4.72. The maximum atomic E-state index is 12.6. The third-order valence-electron chi connectivity index (χ3n) is 2.74. The summed E-state index contributed by atoms with van der Waals surface area (Å²) in [6, 6.07) is 0. The molecule has 0 bridgehead atoms. The zero-order chi connectivity index (χ0) is 13.4. The van der Waals surface area contributed by atoms with Crippen LogP contribution in [0.25, 0.3) is 0 Å². The molecule has 1 aromatic rings. The highest BCUT2D eigenvalue weighted by Crippen LogP contribution is 2.37. The average molecular weight is 268 g/mol. The smallest absolute Gasteiger partial charge is 0.349 e. The van der Waals surface area contributed by atoms with Gasteiger partial charge in [-0.3, -0.25) is 4.79 Å². The van der Waals surface area contributed by atoms with E-state index in [2.05, 4.69) is 0 Å². The molecule has 0 radical (unpaired) electrons. The number of alkyl halides is 3. The number of hydrogen-bond acceptors (Lipinski definition) is 1. The number of carbonyl (C=O) groups is 1. The number of carbonyl (C=O) groups excluding carboxylic acids is 1. The predicted octanol–water partition coefficient (Wildman–Crippen LogP) is 3.69. The molecule has 1 rings (SSSR count).